The lowest BCUT2D eigenvalue weighted by molar-refractivity contribution is -0.142. The highest BCUT2D eigenvalue weighted by Crippen LogP contribution is 2.44. The third-order valence-corrected chi connectivity index (χ3v) is 6.13. The molecule has 0 radical (unpaired) electrons. The molecule has 7 nitrogen and oxygen atoms in total. The van der Waals surface area contributed by atoms with Gasteiger partial charge in [-0.3, -0.25) is 4.79 Å². The lowest BCUT2D eigenvalue weighted by Crippen LogP contribution is -2.41. The summed E-state index contributed by atoms with van der Waals surface area (Å²) in [4.78, 5) is 35.4. The Labute approximate surface area is 180 Å². The molecule has 3 N–H and O–H groups in total. The van der Waals surface area contributed by atoms with Crippen LogP contribution in [0, 0.1) is 11.8 Å². The van der Waals surface area contributed by atoms with Gasteiger partial charge in [0.1, 0.15) is 12.6 Å². The van der Waals surface area contributed by atoms with Gasteiger partial charge in [-0.15, -0.1) is 0 Å². The van der Waals surface area contributed by atoms with E-state index in [1.807, 2.05) is 24.3 Å². The van der Waals surface area contributed by atoms with Gasteiger partial charge in [0.15, 0.2) is 0 Å². The summed E-state index contributed by atoms with van der Waals surface area (Å²) in [5.74, 6) is -1.56. The van der Waals surface area contributed by atoms with Crippen LogP contribution >= 0.6 is 0 Å². The highest BCUT2D eigenvalue weighted by Gasteiger charge is 2.43. The molecule has 31 heavy (non-hydrogen) atoms. The van der Waals surface area contributed by atoms with Crippen LogP contribution in [-0.2, 0) is 14.3 Å². The van der Waals surface area contributed by atoms with Crippen molar-refractivity contribution in [3.63, 3.8) is 0 Å². The van der Waals surface area contributed by atoms with E-state index in [2.05, 4.69) is 34.9 Å². The van der Waals surface area contributed by atoms with E-state index in [4.69, 9.17) is 9.84 Å². The number of carboxylic acid groups (broad SMARTS) is 1. The SMILES string of the molecule is CC[C@H](NC(=O)[C@@H]1C[C@@H]1CNC(=O)OCC1c2ccccc2-c2ccccc21)C(=O)O. The second-order valence-corrected chi connectivity index (χ2v) is 8.12. The minimum Gasteiger partial charge on any atom is -0.480 e. The molecule has 0 bridgehead atoms. The van der Waals surface area contributed by atoms with Crippen molar-refractivity contribution < 1.29 is 24.2 Å². The molecule has 0 saturated heterocycles. The number of carbonyl (C=O) groups is 3. The Morgan fingerprint density at radius 2 is 1.68 bits per heavy atom. The first kappa shape index (κ1) is 20.9. The van der Waals surface area contributed by atoms with Crippen molar-refractivity contribution in [2.24, 2.45) is 11.8 Å². The molecule has 2 amide bonds. The van der Waals surface area contributed by atoms with E-state index < -0.39 is 18.1 Å². The maximum Gasteiger partial charge on any atom is 0.407 e. The number of fused-ring (bicyclic) bond motifs is 3. The van der Waals surface area contributed by atoms with Crippen molar-refractivity contribution in [2.45, 2.75) is 31.7 Å². The van der Waals surface area contributed by atoms with Crippen molar-refractivity contribution >= 4 is 18.0 Å². The molecular weight excluding hydrogens is 396 g/mol. The molecular formula is C24H26N2O5. The Bertz CT molecular complexity index is 959. The van der Waals surface area contributed by atoms with Gasteiger partial charge in [0.2, 0.25) is 5.91 Å². The van der Waals surface area contributed by atoms with Gasteiger partial charge in [0, 0.05) is 18.4 Å². The van der Waals surface area contributed by atoms with Crippen LogP contribution in [0.15, 0.2) is 48.5 Å². The zero-order chi connectivity index (χ0) is 22.0. The summed E-state index contributed by atoms with van der Waals surface area (Å²) in [6.45, 7) is 2.28. The average Bonchev–Trinajstić information content (AvgIpc) is 3.49. The lowest BCUT2D eigenvalue weighted by Gasteiger charge is -2.15. The van der Waals surface area contributed by atoms with Crippen molar-refractivity contribution in [2.75, 3.05) is 13.2 Å². The normalized spacial score (nSPS) is 19.6. The fourth-order valence-corrected chi connectivity index (χ4v) is 4.28. The second-order valence-electron chi connectivity index (χ2n) is 8.12. The lowest BCUT2D eigenvalue weighted by atomic mass is 9.98. The highest BCUT2D eigenvalue weighted by atomic mass is 16.5. The van der Waals surface area contributed by atoms with Crippen molar-refractivity contribution in [1.82, 2.24) is 10.6 Å². The molecule has 7 heteroatoms. The summed E-state index contributed by atoms with van der Waals surface area (Å²) in [5, 5.41) is 14.3. The fraction of sp³-hybridized carbons (Fsp3) is 0.375. The number of carbonyl (C=O) groups excluding carboxylic acids is 2. The van der Waals surface area contributed by atoms with Crippen LogP contribution in [0.1, 0.15) is 36.8 Å². The molecule has 0 heterocycles. The first-order valence-corrected chi connectivity index (χ1v) is 10.6. The first-order chi connectivity index (χ1) is 15.0. The van der Waals surface area contributed by atoms with Gasteiger partial charge < -0.3 is 20.5 Å². The van der Waals surface area contributed by atoms with Crippen molar-refractivity contribution in [1.29, 1.82) is 0 Å². The van der Waals surface area contributed by atoms with Gasteiger partial charge in [-0.25, -0.2) is 9.59 Å². The second kappa shape index (κ2) is 8.79. The van der Waals surface area contributed by atoms with Crippen LogP contribution in [0.25, 0.3) is 11.1 Å². The molecule has 162 valence electrons. The molecule has 2 aromatic rings. The number of amides is 2. The van der Waals surface area contributed by atoms with E-state index >= 15 is 0 Å². The number of aliphatic carboxylic acids is 1. The van der Waals surface area contributed by atoms with Gasteiger partial charge in [0.05, 0.1) is 0 Å². The Kier molecular flexibility index (Phi) is 5.93. The molecule has 2 aliphatic carbocycles. The summed E-state index contributed by atoms with van der Waals surface area (Å²) in [6, 6.07) is 15.4. The molecule has 0 aliphatic heterocycles. The Morgan fingerprint density at radius 1 is 1.06 bits per heavy atom. The summed E-state index contributed by atoms with van der Waals surface area (Å²) < 4.78 is 5.50. The minimum atomic E-state index is -1.04. The fourth-order valence-electron chi connectivity index (χ4n) is 4.28. The van der Waals surface area contributed by atoms with E-state index in [1.54, 1.807) is 6.92 Å². The van der Waals surface area contributed by atoms with Gasteiger partial charge in [-0.1, -0.05) is 55.5 Å². The van der Waals surface area contributed by atoms with E-state index in [1.165, 1.54) is 11.1 Å². The number of ether oxygens (including phenoxy) is 1. The van der Waals surface area contributed by atoms with Crippen molar-refractivity contribution in [3.05, 3.63) is 59.7 Å². The Morgan fingerprint density at radius 3 is 2.26 bits per heavy atom. The van der Waals surface area contributed by atoms with Crippen molar-refractivity contribution in [3.8, 4) is 11.1 Å². The number of hydrogen-bond acceptors (Lipinski definition) is 4. The van der Waals surface area contributed by atoms with E-state index in [0.29, 0.717) is 19.4 Å². The molecule has 3 atom stereocenters. The topological polar surface area (TPSA) is 105 Å². The molecule has 0 spiro atoms. The number of rotatable bonds is 8. The third kappa shape index (κ3) is 4.40. The smallest absolute Gasteiger partial charge is 0.407 e. The summed E-state index contributed by atoms with van der Waals surface area (Å²) in [6.07, 6.45) is 0.451. The molecule has 2 aliphatic rings. The predicted molar refractivity (Wildman–Crippen MR) is 115 cm³/mol. The average molecular weight is 422 g/mol. The molecule has 2 aromatic carbocycles. The summed E-state index contributed by atoms with van der Waals surface area (Å²) >= 11 is 0. The Balaban J connectivity index is 1.26. The summed E-state index contributed by atoms with van der Waals surface area (Å²) in [7, 11) is 0. The van der Waals surface area contributed by atoms with Crippen LogP contribution in [-0.4, -0.2) is 42.3 Å². The molecule has 0 unspecified atom stereocenters. The number of nitrogens with one attached hydrogen (secondary N) is 2. The highest BCUT2D eigenvalue weighted by molar-refractivity contribution is 5.86. The number of hydrogen-bond donors (Lipinski definition) is 3. The van der Waals surface area contributed by atoms with Crippen LogP contribution < -0.4 is 10.6 Å². The van der Waals surface area contributed by atoms with E-state index in [0.717, 1.165) is 11.1 Å². The maximum atomic E-state index is 12.2. The monoisotopic (exact) mass is 422 g/mol. The zero-order valence-electron chi connectivity index (χ0n) is 17.3. The maximum absolute atomic E-state index is 12.2. The largest absolute Gasteiger partial charge is 0.480 e. The van der Waals surface area contributed by atoms with Gasteiger partial charge in [-0.05, 0) is 41.0 Å². The minimum absolute atomic E-state index is 0.000373. The van der Waals surface area contributed by atoms with Crippen LogP contribution in [0.4, 0.5) is 4.79 Å². The van der Waals surface area contributed by atoms with Gasteiger partial charge in [0.25, 0.3) is 0 Å². The zero-order valence-corrected chi connectivity index (χ0v) is 17.3. The Hall–Kier alpha value is -3.35. The predicted octanol–water partition coefficient (Wildman–Crippen LogP) is 3.14. The third-order valence-electron chi connectivity index (χ3n) is 6.13. The van der Waals surface area contributed by atoms with E-state index in [-0.39, 0.29) is 30.3 Å². The number of alkyl carbamates (subject to hydrolysis) is 1. The number of carboxylic acids is 1. The quantitative estimate of drug-likeness (QED) is 0.606. The van der Waals surface area contributed by atoms with Gasteiger partial charge >= 0.3 is 12.1 Å². The number of benzene rings is 2. The first-order valence-electron chi connectivity index (χ1n) is 10.6. The van der Waals surface area contributed by atoms with Gasteiger partial charge in [-0.2, -0.15) is 0 Å². The molecule has 1 saturated carbocycles. The molecule has 1 fully saturated rings. The summed E-state index contributed by atoms with van der Waals surface area (Å²) in [5.41, 5.74) is 4.65. The van der Waals surface area contributed by atoms with Crippen LogP contribution in [0.3, 0.4) is 0 Å². The molecule has 0 aromatic heterocycles. The molecule has 4 rings (SSSR count). The van der Waals surface area contributed by atoms with Crippen LogP contribution in [0.5, 0.6) is 0 Å². The van der Waals surface area contributed by atoms with E-state index in [9.17, 15) is 14.4 Å². The van der Waals surface area contributed by atoms with Crippen LogP contribution in [0.2, 0.25) is 0 Å². The standard InChI is InChI=1S/C24H26N2O5/c1-2-21(23(28)29)26-22(27)19-11-14(19)12-25-24(30)31-13-20-17-9-5-3-7-15(17)16-8-4-6-10-18(16)20/h3-10,14,19-21H,2,11-13H2,1H3,(H,25,30)(H,26,27)(H,28,29)/t14-,19-,21+/m1/s1.